The Balaban J connectivity index is 0.000000182. The van der Waals surface area contributed by atoms with Gasteiger partial charge in [0.15, 0.2) is 45.5 Å². The number of anilines is 2. The van der Waals surface area contributed by atoms with Crippen molar-refractivity contribution in [2.24, 2.45) is 22.1 Å². The fraction of sp³-hybridized carbons (Fsp3) is 0.144. The average Bonchev–Trinajstić information content (AvgIpc) is 0.820. The Kier molecular flexibility index (Phi) is 23.9. The van der Waals surface area contributed by atoms with Crippen LogP contribution in [0.5, 0.6) is 0 Å². The van der Waals surface area contributed by atoms with Crippen molar-refractivity contribution in [1.29, 1.82) is 0 Å². The molecule has 4 aliphatic heterocycles. The number of esters is 2. The van der Waals surface area contributed by atoms with Gasteiger partial charge in [0.2, 0.25) is 34.7 Å². The van der Waals surface area contributed by atoms with Crippen molar-refractivity contribution in [3.63, 3.8) is 0 Å². The molecule has 26 heteroatoms. The van der Waals surface area contributed by atoms with Crippen LogP contribution in [0.25, 0.3) is 0 Å². The van der Waals surface area contributed by atoms with Gasteiger partial charge in [-0.25, -0.2) is 9.59 Å². The third-order valence-corrected chi connectivity index (χ3v) is 24.0. The Morgan fingerprint density at radius 3 is 1.01 bits per heavy atom. The van der Waals surface area contributed by atoms with Crippen LogP contribution in [0.4, 0.5) is 10.3 Å². The first-order chi connectivity index (χ1) is 56.8. The van der Waals surface area contributed by atoms with Gasteiger partial charge in [-0.2, -0.15) is 18.7 Å². The van der Waals surface area contributed by atoms with E-state index in [2.05, 4.69) is 29.0 Å². The fourth-order valence-corrected chi connectivity index (χ4v) is 18.2. The number of hydrogen-bond acceptors (Lipinski definition) is 24. The fourth-order valence-electron chi connectivity index (χ4n) is 14.5. The number of aliphatic hydroxyl groups excluding tert-OH is 1. The van der Waals surface area contributed by atoms with Crippen molar-refractivity contribution in [2.45, 2.75) is 47.0 Å². The van der Waals surface area contributed by atoms with E-state index < -0.39 is 87.9 Å². The van der Waals surface area contributed by atoms with Crippen molar-refractivity contribution < 1.29 is 57.8 Å². The lowest BCUT2D eigenvalue weighted by atomic mass is 9.80. The summed E-state index contributed by atoms with van der Waals surface area (Å²) in [4.78, 5) is 122. The van der Waals surface area contributed by atoms with Crippen molar-refractivity contribution in [1.82, 2.24) is 28.5 Å². The number of β-lactam (4-membered cyclic amide) rings is 2. The minimum atomic E-state index is -1.32. The molecule has 116 heavy (non-hydrogen) atoms. The first kappa shape index (κ1) is 78.2. The van der Waals surface area contributed by atoms with Crippen molar-refractivity contribution in [3.05, 3.63) is 393 Å². The summed E-state index contributed by atoms with van der Waals surface area (Å²) in [5.74, 6) is -5.04. The number of aliphatic hydroxyl groups is 1. The predicted molar refractivity (Wildman–Crippen MR) is 444 cm³/mol. The minimum absolute atomic E-state index is 0.0126. The van der Waals surface area contributed by atoms with Crippen LogP contribution >= 0.6 is 46.6 Å². The third kappa shape index (κ3) is 16.0. The lowest BCUT2D eigenvalue weighted by molar-refractivity contribution is -0.157. The third-order valence-electron chi connectivity index (χ3n) is 20.1. The molecule has 0 saturated carbocycles. The summed E-state index contributed by atoms with van der Waals surface area (Å²) in [5, 5.41) is 18.5. The minimum Gasteiger partial charge on any atom is -0.448 e. The zero-order chi connectivity index (χ0) is 80.1. The molecule has 5 N–H and O–H groups in total. The standard InChI is InChI=1S/C45H37N5O6S2.C45H35N5O6S2/c2*46-44-47-40(49-58-44)37(48-56-45(32-20-10-3-11-21-32,33-22-12-4-13-23-33)34-24-14-5-15-25-34)36(52)26-35-41(53)50-38(31(27-51)28-57-42(35)50)43(54)55-39(29-16-6-1-7-17-29)30-18-8-2-9-19-30/h1-25,35,39,42,51H,26-28H2,(H2,46,47,49);1-25,27,35,39,42H,26,28H2,(H2,46,47,49)/b2*48-37+/t2*35-,42-/m11/s1. The Morgan fingerprint density at radius 1 is 0.440 bits per heavy atom. The second-order valence-electron chi connectivity index (χ2n) is 27.1. The number of hydrogen-bond donors (Lipinski definition) is 3. The lowest BCUT2D eigenvalue weighted by Crippen LogP contribution is -2.62. The number of amides is 2. The summed E-state index contributed by atoms with van der Waals surface area (Å²) in [6.45, 7) is -0.448. The van der Waals surface area contributed by atoms with Gasteiger partial charge < -0.3 is 35.7 Å². The number of fused-ring (bicyclic) bond motifs is 2. The van der Waals surface area contributed by atoms with Gasteiger partial charge in [0.1, 0.15) is 17.7 Å². The SMILES string of the molecule is Nc1nc(/C(=N/OC(c2ccccc2)(c2ccccc2)c2ccccc2)C(=O)C[C@@H]2C(=O)N3C(C(=O)OC(c4ccccc4)c4ccccc4)=C(C=O)CS[C@H]23)ns1.Nc1nc(/C(=N/OC(c2ccccc2)(c2ccccc2)c2ccccc2)C(=O)C[C@@H]2C(=O)N3C(C(=O)OC(c4ccccc4)c4ccccc4)=C(CO)CS[C@H]23)ns1. The van der Waals surface area contributed by atoms with E-state index in [4.69, 9.17) is 30.6 Å². The van der Waals surface area contributed by atoms with Gasteiger partial charge in [0, 0.05) is 86.4 Å². The molecule has 4 aliphatic rings. The monoisotopic (exact) mass is 1610 g/mol. The number of nitrogens with two attached hydrogens (primary N) is 2. The molecule has 4 atom stereocenters. The van der Waals surface area contributed by atoms with E-state index in [9.17, 15) is 38.7 Å². The maximum atomic E-state index is 14.4. The second kappa shape index (κ2) is 35.5. The van der Waals surface area contributed by atoms with Crippen molar-refractivity contribution in [3.8, 4) is 0 Å². The molecule has 2 aromatic heterocycles. The van der Waals surface area contributed by atoms with E-state index in [-0.39, 0.29) is 74.6 Å². The zero-order valence-corrected chi connectivity index (χ0v) is 65.0. The summed E-state index contributed by atoms with van der Waals surface area (Å²) in [6, 6.07) is 94.3. The highest BCUT2D eigenvalue weighted by molar-refractivity contribution is 8.00. The van der Waals surface area contributed by atoms with Crippen LogP contribution in [0.15, 0.2) is 336 Å². The molecule has 2 fully saturated rings. The molecule has 2 amide bonds. The first-order valence-corrected chi connectivity index (χ1v) is 40.6. The van der Waals surface area contributed by atoms with E-state index in [1.807, 2.05) is 303 Å². The average molecular weight is 1610 g/mol. The van der Waals surface area contributed by atoms with Gasteiger partial charge in [-0.05, 0) is 27.8 Å². The molecule has 2 saturated heterocycles. The van der Waals surface area contributed by atoms with Crippen LogP contribution in [0.2, 0.25) is 0 Å². The summed E-state index contributed by atoms with van der Waals surface area (Å²) >= 11 is 4.45. The number of nitrogen functional groups attached to an aromatic ring is 2. The van der Waals surface area contributed by atoms with E-state index in [1.54, 1.807) is 0 Å². The summed E-state index contributed by atoms with van der Waals surface area (Å²) < 4.78 is 20.9. The topological polar surface area (TPSA) is 311 Å². The smallest absolute Gasteiger partial charge is 0.356 e. The number of carbonyl (C=O) groups excluding carboxylic acids is 7. The predicted octanol–water partition coefficient (Wildman–Crippen LogP) is 14.0. The number of oxime groups is 2. The van der Waals surface area contributed by atoms with Crippen LogP contribution in [0, 0.1) is 11.8 Å². The molecule has 22 nitrogen and oxygen atoms in total. The number of aromatic nitrogens is 4. The van der Waals surface area contributed by atoms with Crippen LogP contribution in [-0.4, -0.2) is 116 Å². The molecule has 6 heterocycles. The number of ether oxygens (including phenoxy) is 2. The number of carbonyl (C=O) groups is 7. The molecular formula is C90H72N10O12S4. The summed E-state index contributed by atoms with van der Waals surface area (Å²) in [7, 11) is 0. The molecule has 0 spiro atoms. The maximum absolute atomic E-state index is 14.4. The highest BCUT2D eigenvalue weighted by Crippen LogP contribution is 2.49. The van der Waals surface area contributed by atoms with Crippen LogP contribution in [-0.2, 0) is 63.9 Å². The van der Waals surface area contributed by atoms with Crippen LogP contribution in [0.1, 0.15) is 92.3 Å². The van der Waals surface area contributed by atoms with E-state index in [0.29, 0.717) is 11.9 Å². The van der Waals surface area contributed by atoms with Crippen molar-refractivity contribution >= 4 is 110 Å². The molecule has 0 radical (unpaired) electrons. The van der Waals surface area contributed by atoms with Gasteiger partial charge in [-0.3, -0.25) is 33.8 Å². The maximum Gasteiger partial charge on any atom is 0.356 e. The number of benzene rings is 10. The first-order valence-electron chi connectivity index (χ1n) is 36.9. The number of rotatable bonds is 28. The lowest BCUT2D eigenvalue weighted by Gasteiger charge is -2.49. The molecule has 16 rings (SSSR count). The van der Waals surface area contributed by atoms with Crippen LogP contribution < -0.4 is 11.5 Å². The molecule has 0 aliphatic carbocycles. The number of thioether (sulfide) groups is 2. The second-order valence-corrected chi connectivity index (χ2v) is 30.9. The van der Waals surface area contributed by atoms with Gasteiger partial charge >= 0.3 is 11.9 Å². The molecule has 12 aromatic rings. The molecule has 578 valence electrons. The molecule has 10 aromatic carbocycles. The highest BCUT2D eigenvalue weighted by Gasteiger charge is 2.57. The summed E-state index contributed by atoms with van der Waals surface area (Å²) in [5.41, 5.74) is 16.7. The van der Waals surface area contributed by atoms with E-state index in [1.165, 1.54) is 33.3 Å². The molecule has 0 unspecified atom stereocenters. The van der Waals surface area contributed by atoms with Crippen molar-refractivity contribution in [2.75, 3.05) is 29.6 Å². The van der Waals surface area contributed by atoms with E-state index in [0.717, 1.165) is 78.7 Å². The summed E-state index contributed by atoms with van der Waals surface area (Å²) in [6.07, 6.45) is -1.58. The zero-order valence-electron chi connectivity index (χ0n) is 61.7. The number of nitrogens with zero attached hydrogens (tertiary/aromatic N) is 8. The van der Waals surface area contributed by atoms with E-state index >= 15 is 0 Å². The molecular weight excluding hydrogens is 1540 g/mol. The molecule has 0 bridgehead atoms. The quantitative estimate of drug-likeness (QED) is 0.0102. The Labute approximate surface area is 683 Å². The van der Waals surface area contributed by atoms with Crippen LogP contribution in [0.3, 0.4) is 0 Å². The number of Topliss-reactive ketones (excluding diaryl/α,β-unsaturated/α-hetero) is 2. The Bertz CT molecular complexity index is 5390. The number of ketones is 2. The highest BCUT2D eigenvalue weighted by atomic mass is 32.2. The largest absolute Gasteiger partial charge is 0.448 e. The Hall–Kier alpha value is -13.1. The van der Waals surface area contributed by atoms with Gasteiger partial charge in [0.05, 0.1) is 29.2 Å². The van der Waals surface area contributed by atoms with Gasteiger partial charge in [-0.1, -0.05) is 314 Å². The van der Waals surface area contributed by atoms with Gasteiger partial charge in [0.25, 0.3) is 0 Å². The normalized spacial score (nSPS) is 16.7. The number of aldehydes is 1. The Morgan fingerprint density at radius 2 is 0.724 bits per heavy atom. The van der Waals surface area contributed by atoms with Gasteiger partial charge in [-0.15, -0.1) is 23.5 Å².